The largest absolute Gasteiger partial charge is 0.411 e. The lowest BCUT2D eigenvalue weighted by Crippen LogP contribution is -1.96. The van der Waals surface area contributed by atoms with E-state index in [-0.39, 0.29) is 16.5 Å². The minimum Gasteiger partial charge on any atom is -0.411 e. The Hall–Kier alpha value is -3.53. The highest BCUT2D eigenvalue weighted by molar-refractivity contribution is 6.69. The summed E-state index contributed by atoms with van der Waals surface area (Å²) in [5.41, 5.74) is 2.16. The van der Waals surface area contributed by atoms with Crippen LogP contribution in [0.25, 0.3) is 0 Å². The maximum atomic E-state index is 10.5. The van der Waals surface area contributed by atoms with E-state index < -0.39 is 9.85 Å². The molecule has 0 heterocycles. The lowest BCUT2D eigenvalue weighted by atomic mass is 10.1. The summed E-state index contributed by atoms with van der Waals surface area (Å²) >= 11 is 5.52. The quantitative estimate of drug-likeness (QED) is 0.346. The molecule has 2 rings (SSSR count). The lowest BCUT2D eigenvalue weighted by molar-refractivity contribution is -0.385. The smallest absolute Gasteiger partial charge is 0.272 e. The highest BCUT2D eigenvalue weighted by atomic mass is 35.5. The molecule has 0 atom stereocenters. The van der Waals surface area contributed by atoms with E-state index in [1.807, 2.05) is 0 Å². The van der Waals surface area contributed by atoms with Crippen LogP contribution in [-0.2, 0) is 0 Å². The lowest BCUT2D eigenvalue weighted by Gasteiger charge is -1.99. The van der Waals surface area contributed by atoms with Crippen LogP contribution >= 0.6 is 11.6 Å². The first kappa shape index (κ1) is 21.5. The molecule has 0 unspecified atom stereocenters. The van der Waals surface area contributed by atoms with Gasteiger partial charge in [-0.2, -0.15) is 0 Å². The van der Waals surface area contributed by atoms with Gasteiger partial charge in [0.15, 0.2) is 5.17 Å². The normalized spacial score (nSPS) is 11.0. The number of rotatable bonds is 4. The Bertz CT molecular complexity index is 914. The standard InChI is InChI=1S/C8H7ClN2O3.C8H8N2O3/c1-5-4-6(8(9)10-12)2-3-7(5)11(13)14;1-6-4-7(5-9-11)2-3-8(6)10(12)13/h2-4,12H,1H3;2-5,11H,1H3/b10-8-;9-5+. The van der Waals surface area contributed by atoms with Gasteiger partial charge in [0.2, 0.25) is 0 Å². The van der Waals surface area contributed by atoms with Crippen molar-refractivity contribution in [3.05, 3.63) is 78.9 Å². The van der Waals surface area contributed by atoms with E-state index in [4.69, 9.17) is 22.0 Å². The molecular formula is C16H15ClN4O6. The van der Waals surface area contributed by atoms with Crippen LogP contribution in [0.3, 0.4) is 0 Å². The van der Waals surface area contributed by atoms with E-state index in [1.54, 1.807) is 19.9 Å². The summed E-state index contributed by atoms with van der Waals surface area (Å²) in [4.78, 5) is 19.9. The molecule has 2 N–H and O–H groups in total. The molecule has 10 nitrogen and oxygen atoms in total. The van der Waals surface area contributed by atoms with Gasteiger partial charge in [-0.3, -0.25) is 20.2 Å². The predicted octanol–water partition coefficient (Wildman–Crippen LogP) is 3.99. The molecule has 0 saturated heterocycles. The van der Waals surface area contributed by atoms with Gasteiger partial charge in [-0.25, -0.2) is 0 Å². The summed E-state index contributed by atoms with van der Waals surface area (Å²) in [7, 11) is 0. The Morgan fingerprint density at radius 1 is 1.00 bits per heavy atom. The minimum atomic E-state index is -0.483. The van der Waals surface area contributed by atoms with Crippen LogP contribution in [0, 0.1) is 34.1 Å². The fourth-order valence-electron chi connectivity index (χ4n) is 2.08. The third kappa shape index (κ3) is 6.04. The van der Waals surface area contributed by atoms with Gasteiger partial charge in [0, 0.05) is 28.8 Å². The number of nitro benzene ring substituents is 2. The van der Waals surface area contributed by atoms with Crippen LogP contribution < -0.4 is 0 Å². The number of oxime groups is 2. The average Bonchev–Trinajstić information content (AvgIpc) is 2.61. The summed E-state index contributed by atoms with van der Waals surface area (Å²) in [6, 6.07) is 8.71. The fourth-order valence-corrected chi connectivity index (χ4v) is 2.19. The Labute approximate surface area is 158 Å². The molecule has 0 amide bonds. The van der Waals surface area contributed by atoms with E-state index in [0.29, 0.717) is 22.3 Å². The zero-order valence-corrected chi connectivity index (χ0v) is 15.0. The topological polar surface area (TPSA) is 151 Å². The van der Waals surface area contributed by atoms with Crippen molar-refractivity contribution in [2.45, 2.75) is 13.8 Å². The third-order valence-electron chi connectivity index (χ3n) is 3.34. The number of nitro groups is 2. The van der Waals surface area contributed by atoms with Crippen molar-refractivity contribution < 1.29 is 20.3 Å². The van der Waals surface area contributed by atoms with E-state index >= 15 is 0 Å². The monoisotopic (exact) mass is 394 g/mol. The van der Waals surface area contributed by atoms with E-state index in [2.05, 4.69) is 10.3 Å². The van der Waals surface area contributed by atoms with Crippen LogP contribution in [0.1, 0.15) is 22.3 Å². The SMILES string of the molecule is Cc1cc(/C(Cl)=N/O)ccc1[N+](=O)[O-].Cc1cc(/C=N/O)ccc1[N+](=O)[O-]. The number of benzene rings is 2. The van der Waals surface area contributed by atoms with Crippen molar-refractivity contribution in [2.75, 3.05) is 0 Å². The first-order valence-corrected chi connectivity index (χ1v) is 7.64. The second kappa shape index (κ2) is 9.82. The summed E-state index contributed by atoms with van der Waals surface area (Å²) in [5, 5.41) is 43.0. The third-order valence-corrected chi connectivity index (χ3v) is 3.64. The minimum absolute atomic E-state index is 0.0103. The van der Waals surface area contributed by atoms with Gasteiger partial charge in [-0.1, -0.05) is 21.9 Å². The average molecular weight is 395 g/mol. The zero-order valence-electron chi connectivity index (χ0n) is 14.2. The second-order valence-corrected chi connectivity index (χ2v) is 5.55. The highest BCUT2D eigenvalue weighted by Gasteiger charge is 2.11. The number of hydrogen-bond donors (Lipinski definition) is 2. The summed E-state index contributed by atoms with van der Waals surface area (Å²) in [6.45, 7) is 3.22. The Kier molecular flexibility index (Phi) is 7.83. The first-order chi connectivity index (χ1) is 12.7. The Morgan fingerprint density at radius 3 is 1.93 bits per heavy atom. The first-order valence-electron chi connectivity index (χ1n) is 7.26. The van der Waals surface area contributed by atoms with Gasteiger partial charge < -0.3 is 10.4 Å². The van der Waals surface area contributed by atoms with Crippen molar-refractivity contribution in [3.8, 4) is 0 Å². The van der Waals surface area contributed by atoms with E-state index in [1.165, 1.54) is 36.5 Å². The predicted molar refractivity (Wildman–Crippen MR) is 99.2 cm³/mol. The van der Waals surface area contributed by atoms with Crippen LogP contribution in [0.2, 0.25) is 0 Å². The molecule has 0 bridgehead atoms. The molecule has 0 aliphatic heterocycles. The molecule has 142 valence electrons. The maximum Gasteiger partial charge on any atom is 0.272 e. The van der Waals surface area contributed by atoms with Gasteiger partial charge in [0.25, 0.3) is 11.4 Å². The molecule has 2 aromatic rings. The molecular weight excluding hydrogens is 380 g/mol. The summed E-state index contributed by atoms with van der Waals surface area (Å²) in [5.74, 6) is 0. The second-order valence-electron chi connectivity index (χ2n) is 5.20. The number of nitrogens with zero attached hydrogens (tertiary/aromatic N) is 4. The van der Waals surface area contributed by atoms with Crippen molar-refractivity contribution in [1.82, 2.24) is 0 Å². The number of halogens is 1. The molecule has 0 spiro atoms. The van der Waals surface area contributed by atoms with E-state index in [0.717, 1.165) is 0 Å². The fraction of sp³-hybridized carbons (Fsp3) is 0.125. The van der Waals surface area contributed by atoms with Crippen molar-refractivity contribution in [1.29, 1.82) is 0 Å². The van der Waals surface area contributed by atoms with Crippen LogP contribution in [0.4, 0.5) is 11.4 Å². The maximum absolute atomic E-state index is 10.5. The summed E-state index contributed by atoms with van der Waals surface area (Å²) < 4.78 is 0. The van der Waals surface area contributed by atoms with Gasteiger partial charge in [0.05, 0.1) is 16.1 Å². The highest BCUT2D eigenvalue weighted by Crippen LogP contribution is 2.20. The van der Waals surface area contributed by atoms with Crippen molar-refractivity contribution in [2.24, 2.45) is 10.3 Å². The molecule has 11 heteroatoms. The molecule has 2 aromatic carbocycles. The molecule has 0 radical (unpaired) electrons. The number of hydrogen-bond acceptors (Lipinski definition) is 8. The molecule has 0 aromatic heterocycles. The van der Waals surface area contributed by atoms with Crippen molar-refractivity contribution in [3.63, 3.8) is 0 Å². The molecule has 27 heavy (non-hydrogen) atoms. The van der Waals surface area contributed by atoms with Gasteiger partial charge in [0.1, 0.15) is 0 Å². The Balaban J connectivity index is 0.000000271. The molecule has 0 fully saturated rings. The van der Waals surface area contributed by atoms with Gasteiger partial charge in [-0.05, 0) is 43.7 Å². The van der Waals surface area contributed by atoms with Crippen LogP contribution in [0.15, 0.2) is 46.7 Å². The Morgan fingerprint density at radius 2 is 1.52 bits per heavy atom. The molecule has 0 aliphatic rings. The van der Waals surface area contributed by atoms with E-state index in [9.17, 15) is 20.2 Å². The number of aryl methyl sites for hydroxylation is 2. The molecule has 0 saturated carbocycles. The summed E-state index contributed by atoms with van der Waals surface area (Å²) in [6.07, 6.45) is 1.22. The van der Waals surface area contributed by atoms with Crippen LogP contribution in [0.5, 0.6) is 0 Å². The van der Waals surface area contributed by atoms with Crippen LogP contribution in [-0.4, -0.2) is 31.6 Å². The zero-order chi connectivity index (χ0) is 20.6. The van der Waals surface area contributed by atoms with Gasteiger partial charge >= 0.3 is 0 Å². The van der Waals surface area contributed by atoms with Gasteiger partial charge in [-0.15, -0.1) is 0 Å². The molecule has 0 aliphatic carbocycles. The van der Waals surface area contributed by atoms with Crippen molar-refractivity contribution >= 4 is 34.4 Å².